The molecular weight excluding hydrogens is 312 g/mol. The predicted octanol–water partition coefficient (Wildman–Crippen LogP) is 1.84. The maximum absolute atomic E-state index is 10.1. The van der Waals surface area contributed by atoms with E-state index < -0.39 is 36.3 Å². The molecule has 1 rings (SSSR count). The highest BCUT2D eigenvalue weighted by Crippen LogP contribution is 2.28. The second kappa shape index (κ2) is 8.43. The molecule has 5 atom stereocenters. The number of aliphatic hydroxyl groups is 3. The van der Waals surface area contributed by atoms with Crippen molar-refractivity contribution in [2.75, 3.05) is 6.61 Å². The molecule has 1 aliphatic heterocycles. The summed E-state index contributed by atoms with van der Waals surface area (Å²) < 4.78 is 17.3. The van der Waals surface area contributed by atoms with Gasteiger partial charge in [-0.1, -0.05) is 13.8 Å². The van der Waals surface area contributed by atoms with E-state index in [2.05, 4.69) is 27.7 Å². The zero-order valence-corrected chi connectivity index (χ0v) is 16.2. The van der Waals surface area contributed by atoms with E-state index in [0.29, 0.717) is 18.9 Å². The van der Waals surface area contributed by atoms with Crippen LogP contribution in [0, 0.1) is 5.92 Å². The molecule has 3 N–H and O–H groups in total. The van der Waals surface area contributed by atoms with Crippen LogP contribution < -0.4 is 0 Å². The fourth-order valence-electron chi connectivity index (χ4n) is 3.10. The molecule has 0 aromatic heterocycles. The fraction of sp³-hybridized carbons (Fsp3) is 1.00. The lowest BCUT2D eigenvalue weighted by Gasteiger charge is -2.42. The van der Waals surface area contributed by atoms with E-state index in [1.165, 1.54) is 0 Å². The van der Waals surface area contributed by atoms with Gasteiger partial charge < -0.3 is 29.5 Å². The van der Waals surface area contributed by atoms with Crippen molar-refractivity contribution in [2.24, 2.45) is 5.92 Å². The Morgan fingerprint density at radius 1 is 0.958 bits per heavy atom. The van der Waals surface area contributed by atoms with Crippen LogP contribution in [0.1, 0.15) is 61.3 Å². The largest absolute Gasteiger partial charge is 0.388 e. The summed E-state index contributed by atoms with van der Waals surface area (Å²) in [6, 6.07) is 0. The molecule has 0 aromatic carbocycles. The molecule has 0 saturated carbocycles. The Hall–Kier alpha value is -0.240. The van der Waals surface area contributed by atoms with Gasteiger partial charge in [-0.2, -0.15) is 0 Å². The van der Waals surface area contributed by atoms with Crippen molar-refractivity contribution in [3.63, 3.8) is 0 Å². The van der Waals surface area contributed by atoms with Crippen molar-refractivity contribution in [3.05, 3.63) is 0 Å². The smallest absolute Gasteiger partial charge is 0.187 e. The number of ether oxygens (including phenoxy) is 3. The summed E-state index contributed by atoms with van der Waals surface area (Å²) in [5.74, 6) is 0.560. The summed E-state index contributed by atoms with van der Waals surface area (Å²) in [5, 5.41) is 29.6. The first-order chi connectivity index (χ1) is 10.8. The lowest BCUT2D eigenvalue weighted by Crippen LogP contribution is -2.58. The summed E-state index contributed by atoms with van der Waals surface area (Å²) in [6.45, 7) is 14.4. The van der Waals surface area contributed by atoms with Crippen molar-refractivity contribution in [2.45, 2.75) is 103 Å². The maximum Gasteiger partial charge on any atom is 0.187 e. The van der Waals surface area contributed by atoms with Gasteiger partial charge in [-0.15, -0.1) is 0 Å². The van der Waals surface area contributed by atoms with E-state index in [1.54, 1.807) is 6.92 Å². The highest BCUT2D eigenvalue weighted by atomic mass is 16.7. The maximum atomic E-state index is 10.1. The van der Waals surface area contributed by atoms with Crippen LogP contribution in [0.15, 0.2) is 0 Å². The summed E-state index contributed by atoms with van der Waals surface area (Å²) in [4.78, 5) is 0. The average Bonchev–Trinajstić information content (AvgIpc) is 2.40. The number of hydrogen-bond donors (Lipinski definition) is 3. The normalized spacial score (nSPS) is 32.4. The van der Waals surface area contributed by atoms with Crippen LogP contribution in [0.2, 0.25) is 0 Å². The Morgan fingerprint density at radius 3 is 2.08 bits per heavy atom. The van der Waals surface area contributed by atoms with Crippen molar-refractivity contribution in [3.8, 4) is 0 Å². The molecule has 0 radical (unpaired) electrons. The first-order valence-corrected chi connectivity index (χ1v) is 8.86. The van der Waals surface area contributed by atoms with E-state index in [9.17, 15) is 15.3 Å². The lowest BCUT2D eigenvalue weighted by atomic mass is 9.96. The van der Waals surface area contributed by atoms with Crippen LogP contribution in [0.25, 0.3) is 0 Å². The Kier molecular flexibility index (Phi) is 7.66. The monoisotopic (exact) mass is 348 g/mol. The molecule has 1 fully saturated rings. The van der Waals surface area contributed by atoms with E-state index in [0.717, 1.165) is 6.42 Å². The van der Waals surface area contributed by atoms with E-state index >= 15 is 0 Å². The summed E-state index contributed by atoms with van der Waals surface area (Å²) in [7, 11) is 0. The van der Waals surface area contributed by atoms with Gasteiger partial charge in [0.2, 0.25) is 0 Å². The average molecular weight is 348 g/mol. The highest BCUT2D eigenvalue weighted by molar-refractivity contribution is 4.88. The quantitative estimate of drug-likeness (QED) is 0.620. The topological polar surface area (TPSA) is 88.4 Å². The van der Waals surface area contributed by atoms with E-state index in [-0.39, 0.29) is 5.60 Å². The van der Waals surface area contributed by atoms with Crippen LogP contribution >= 0.6 is 0 Å². The summed E-state index contributed by atoms with van der Waals surface area (Å²) in [5.41, 5.74) is -0.790. The molecule has 0 spiro atoms. The molecule has 6 nitrogen and oxygen atoms in total. The molecule has 24 heavy (non-hydrogen) atoms. The minimum Gasteiger partial charge on any atom is -0.388 e. The van der Waals surface area contributed by atoms with Crippen molar-refractivity contribution in [1.82, 2.24) is 0 Å². The highest BCUT2D eigenvalue weighted by Gasteiger charge is 2.44. The second-order valence-electron chi connectivity index (χ2n) is 8.52. The van der Waals surface area contributed by atoms with E-state index in [1.807, 2.05) is 13.8 Å². The van der Waals surface area contributed by atoms with Crippen LogP contribution in [-0.2, 0) is 14.2 Å². The molecule has 0 amide bonds. The molecule has 1 saturated heterocycles. The lowest BCUT2D eigenvalue weighted by molar-refractivity contribution is -0.318. The van der Waals surface area contributed by atoms with E-state index in [4.69, 9.17) is 14.2 Å². The van der Waals surface area contributed by atoms with Crippen molar-refractivity contribution < 1.29 is 29.5 Å². The number of rotatable bonds is 8. The van der Waals surface area contributed by atoms with Gasteiger partial charge in [-0.25, -0.2) is 0 Å². The minimum absolute atomic E-state index is 0.195. The first-order valence-electron chi connectivity index (χ1n) is 8.86. The Morgan fingerprint density at radius 2 is 1.54 bits per heavy atom. The standard InChI is InChI=1S/C18H36O6/c1-11(2)10-18(6,7)22-9-8-17(4,5)24-16-15(21)14(20)13(19)12(3)23-16/h11-16,19-21H,8-10H2,1-7H3/t12-,13?,14?,15?,16-/m0/s1. The second-order valence-corrected chi connectivity index (χ2v) is 8.52. The van der Waals surface area contributed by atoms with Gasteiger partial charge >= 0.3 is 0 Å². The SMILES string of the molecule is CC(C)CC(C)(C)OCCC(C)(C)O[C@@H]1O[C@@H](C)C(O)C(O)C1O. The molecule has 1 heterocycles. The summed E-state index contributed by atoms with van der Waals surface area (Å²) in [6.07, 6.45) is -3.68. The molecule has 6 heteroatoms. The van der Waals surface area contributed by atoms with Crippen LogP contribution in [0.4, 0.5) is 0 Å². The first kappa shape index (κ1) is 21.8. The van der Waals surface area contributed by atoms with Crippen LogP contribution in [-0.4, -0.2) is 63.8 Å². The zero-order chi connectivity index (χ0) is 18.7. The van der Waals surface area contributed by atoms with Gasteiger partial charge in [-0.3, -0.25) is 0 Å². The van der Waals surface area contributed by atoms with Gasteiger partial charge in [0, 0.05) is 0 Å². The van der Waals surface area contributed by atoms with Crippen LogP contribution in [0.5, 0.6) is 0 Å². The predicted molar refractivity (Wildman–Crippen MR) is 91.6 cm³/mol. The molecule has 0 aromatic rings. The third kappa shape index (κ3) is 6.58. The number of hydrogen-bond acceptors (Lipinski definition) is 6. The van der Waals surface area contributed by atoms with Gasteiger partial charge in [0.1, 0.15) is 18.3 Å². The molecular formula is C18H36O6. The third-order valence-corrected chi connectivity index (χ3v) is 4.34. The molecule has 0 aliphatic carbocycles. The Balaban J connectivity index is 2.51. The molecule has 0 bridgehead atoms. The van der Waals surface area contributed by atoms with Gasteiger partial charge in [-0.05, 0) is 53.4 Å². The van der Waals surface area contributed by atoms with Crippen LogP contribution in [0.3, 0.4) is 0 Å². The number of aliphatic hydroxyl groups excluding tert-OH is 3. The molecule has 1 aliphatic rings. The van der Waals surface area contributed by atoms with Crippen molar-refractivity contribution >= 4 is 0 Å². The van der Waals surface area contributed by atoms with Gasteiger partial charge in [0.05, 0.1) is 23.9 Å². The summed E-state index contributed by atoms with van der Waals surface area (Å²) >= 11 is 0. The third-order valence-electron chi connectivity index (χ3n) is 4.34. The minimum atomic E-state index is -1.28. The Labute approximate surface area is 146 Å². The molecule has 3 unspecified atom stereocenters. The molecule has 144 valence electrons. The van der Waals surface area contributed by atoms with Crippen molar-refractivity contribution in [1.29, 1.82) is 0 Å². The Bertz CT molecular complexity index is 382. The van der Waals surface area contributed by atoms with Gasteiger partial charge in [0.25, 0.3) is 0 Å². The van der Waals surface area contributed by atoms with Gasteiger partial charge in [0.15, 0.2) is 6.29 Å². The zero-order valence-electron chi connectivity index (χ0n) is 16.2. The fourth-order valence-corrected chi connectivity index (χ4v) is 3.10.